The average molecular weight is 719 g/mol. The zero-order chi connectivity index (χ0) is 37.0. The van der Waals surface area contributed by atoms with Gasteiger partial charge in [-0.05, 0) is 42.5 Å². The van der Waals surface area contributed by atoms with Gasteiger partial charge in [0.25, 0.3) is 0 Å². The Hall–Kier alpha value is -7.77. The highest BCUT2D eigenvalue weighted by atomic mass is 16.3. The molecule has 0 bridgehead atoms. The predicted octanol–water partition coefficient (Wildman–Crippen LogP) is 12.0. The standard InChI is InChI=1S/C49H30N6O/c1-4-16-31(17-5-1)43-45-44(37-24-12-15-27-42(37)56-45)51-49(50-43)38-30-34(28-29-41(38)55-39-25-13-10-22-35(39)36-23-11-14-26-40(36)55)48-53-46(32-18-6-2-7-19-32)52-47(54-48)33-20-8-3-9-21-33/h1-30H. The molecule has 0 aliphatic heterocycles. The van der Waals surface area contributed by atoms with Gasteiger partial charge in [0.1, 0.15) is 16.8 Å². The van der Waals surface area contributed by atoms with Gasteiger partial charge in [-0.25, -0.2) is 24.9 Å². The van der Waals surface area contributed by atoms with Crippen molar-refractivity contribution in [2.75, 3.05) is 0 Å². The molecule has 7 nitrogen and oxygen atoms in total. The van der Waals surface area contributed by atoms with Crippen LogP contribution >= 0.6 is 0 Å². The molecule has 0 saturated heterocycles. The molecule has 7 aromatic carbocycles. The molecule has 0 fully saturated rings. The maximum Gasteiger partial charge on any atom is 0.180 e. The first-order valence-electron chi connectivity index (χ1n) is 18.5. The van der Waals surface area contributed by atoms with E-state index in [4.69, 9.17) is 29.3 Å². The van der Waals surface area contributed by atoms with Crippen molar-refractivity contribution in [1.82, 2.24) is 29.5 Å². The van der Waals surface area contributed by atoms with Crippen molar-refractivity contribution in [1.29, 1.82) is 0 Å². The van der Waals surface area contributed by atoms with Crippen LogP contribution in [0.2, 0.25) is 0 Å². The third-order valence-electron chi connectivity index (χ3n) is 10.3. The molecular weight excluding hydrogens is 689 g/mol. The molecule has 0 unspecified atom stereocenters. The van der Waals surface area contributed by atoms with Crippen LogP contribution in [0.15, 0.2) is 186 Å². The first kappa shape index (κ1) is 31.7. The summed E-state index contributed by atoms with van der Waals surface area (Å²) in [5, 5.41) is 3.26. The third-order valence-corrected chi connectivity index (χ3v) is 10.3. The van der Waals surface area contributed by atoms with E-state index in [1.807, 2.05) is 97.1 Å². The summed E-state index contributed by atoms with van der Waals surface area (Å²) in [6.07, 6.45) is 0. The topological polar surface area (TPSA) is 82.5 Å². The summed E-state index contributed by atoms with van der Waals surface area (Å²) in [6, 6.07) is 61.6. The van der Waals surface area contributed by atoms with Crippen LogP contribution in [0.1, 0.15) is 0 Å². The van der Waals surface area contributed by atoms with Crippen molar-refractivity contribution < 1.29 is 4.42 Å². The number of hydrogen-bond donors (Lipinski definition) is 0. The average Bonchev–Trinajstić information content (AvgIpc) is 3.82. The van der Waals surface area contributed by atoms with Crippen LogP contribution in [-0.2, 0) is 0 Å². The number of aromatic nitrogens is 6. The van der Waals surface area contributed by atoms with Crippen molar-refractivity contribution in [3.05, 3.63) is 182 Å². The fraction of sp³-hybridized carbons (Fsp3) is 0. The second-order valence-corrected chi connectivity index (χ2v) is 13.7. The number of benzene rings is 7. The molecule has 4 heterocycles. The molecule has 262 valence electrons. The first-order chi connectivity index (χ1) is 27.8. The summed E-state index contributed by atoms with van der Waals surface area (Å²) in [6.45, 7) is 0. The van der Waals surface area contributed by atoms with Gasteiger partial charge in [0.05, 0.1) is 16.7 Å². The van der Waals surface area contributed by atoms with Gasteiger partial charge in [-0.2, -0.15) is 0 Å². The Morgan fingerprint density at radius 3 is 1.48 bits per heavy atom. The number of nitrogens with zero attached hydrogens (tertiary/aromatic N) is 6. The lowest BCUT2D eigenvalue weighted by Crippen LogP contribution is -2.03. The number of furan rings is 1. The zero-order valence-electron chi connectivity index (χ0n) is 29.9. The highest BCUT2D eigenvalue weighted by Crippen LogP contribution is 2.40. The van der Waals surface area contributed by atoms with Crippen LogP contribution in [0.3, 0.4) is 0 Å². The van der Waals surface area contributed by atoms with E-state index in [2.05, 4.69) is 89.5 Å². The van der Waals surface area contributed by atoms with Crippen molar-refractivity contribution in [3.8, 4) is 62.5 Å². The van der Waals surface area contributed by atoms with E-state index >= 15 is 0 Å². The van der Waals surface area contributed by atoms with Crippen LogP contribution in [0.4, 0.5) is 0 Å². The van der Waals surface area contributed by atoms with E-state index in [0.717, 1.165) is 77.5 Å². The third kappa shape index (κ3) is 5.25. The number of fused-ring (bicyclic) bond motifs is 6. The van der Waals surface area contributed by atoms with Crippen LogP contribution in [0.5, 0.6) is 0 Å². The first-order valence-corrected chi connectivity index (χ1v) is 18.5. The summed E-state index contributed by atoms with van der Waals surface area (Å²) >= 11 is 0. The van der Waals surface area contributed by atoms with Crippen LogP contribution in [0, 0.1) is 0 Å². The molecule has 0 radical (unpaired) electrons. The number of para-hydroxylation sites is 3. The highest BCUT2D eigenvalue weighted by molar-refractivity contribution is 6.10. The van der Waals surface area contributed by atoms with Gasteiger partial charge in [0.2, 0.25) is 0 Å². The molecule has 56 heavy (non-hydrogen) atoms. The second kappa shape index (κ2) is 13.0. The monoisotopic (exact) mass is 718 g/mol. The van der Waals surface area contributed by atoms with Gasteiger partial charge < -0.3 is 8.98 Å². The van der Waals surface area contributed by atoms with E-state index in [-0.39, 0.29) is 0 Å². The largest absolute Gasteiger partial charge is 0.452 e. The summed E-state index contributed by atoms with van der Waals surface area (Å²) < 4.78 is 8.80. The summed E-state index contributed by atoms with van der Waals surface area (Å²) in [5.41, 5.74) is 10.3. The molecule has 11 aromatic rings. The second-order valence-electron chi connectivity index (χ2n) is 13.7. The normalized spacial score (nSPS) is 11.6. The summed E-state index contributed by atoms with van der Waals surface area (Å²) in [5.74, 6) is 2.29. The van der Waals surface area contributed by atoms with Gasteiger partial charge in [-0.1, -0.05) is 140 Å². The molecule has 0 amide bonds. The van der Waals surface area contributed by atoms with Crippen molar-refractivity contribution in [3.63, 3.8) is 0 Å². The number of rotatable bonds is 6. The van der Waals surface area contributed by atoms with Crippen LogP contribution in [-0.4, -0.2) is 29.5 Å². The van der Waals surface area contributed by atoms with Crippen LogP contribution < -0.4 is 0 Å². The van der Waals surface area contributed by atoms with Crippen molar-refractivity contribution in [2.24, 2.45) is 0 Å². The molecule has 4 aromatic heterocycles. The summed E-state index contributed by atoms with van der Waals surface area (Å²) in [7, 11) is 0. The lowest BCUT2D eigenvalue weighted by molar-refractivity contribution is 0.667. The Bertz CT molecular complexity index is 3140. The van der Waals surface area contributed by atoms with Gasteiger partial charge >= 0.3 is 0 Å². The highest BCUT2D eigenvalue weighted by Gasteiger charge is 2.23. The molecule has 0 aliphatic rings. The molecule has 0 aliphatic carbocycles. The van der Waals surface area contributed by atoms with Crippen molar-refractivity contribution in [2.45, 2.75) is 0 Å². The van der Waals surface area contributed by atoms with E-state index in [1.165, 1.54) is 0 Å². The van der Waals surface area contributed by atoms with E-state index in [0.29, 0.717) is 28.9 Å². The Morgan fingerprint density at radius 1 is 0.375 bits per heavy atom. The Kier molecular flexibility index (Phi) is 7.35. The lowest BCUT2D eigenvalue weighted by Gasteiger charge is -2.16. The van der Waals surface area contributed by atoms with Gasteiger partial charge in [0.15, 0.2) is 28.9 Å². The molecule has 7 heteroatoms. The maximum atomic E-state index is 6.49. The van der Waals surface area contributed by atoms with Gasteiger partial charge in [0, 0.05) is 44.0 Å². The molecule has 11 rings (SSSR count). The molecule has 0 spiro atoms. The van der Waals surface area contributed by atoms with E-state index < -0.39 is 0 Å². The van der Waals surface area contributed by atoms with Crippen molar-refractivity contribution >= 4 is 43.9 Å². The van der Waals surface area contributed by atoms with Gasteiger partial charge in [-0.15, -0.1) is 0 Å². The Labute approximate surface area is 321 Å². The summed E-state index contributed by atoms with van der Waals surface area (Å²) in [4.78, 5) is 25.8. The minimum Gasteiger partial charge on any atom is -0.452 e. The minimum atomic E-state index is 0.547. The quantitative estimate of drug-likeness (QED) is 0.170. The van der Waals surface area contributed by atoms with E-state index in [9.17, 15) is 0 Å². The van der Waals surface area contributed by atoms with Gasteiger partial charge in [-0.3, -0.25) is 0 Å². The molecular formula is C49H30N6O. The fourth-order valence-corrected chi connectivity index (χ4v) is 7.67. The maximum absolute atomic E-state index is 6.49. The predicted molar refractivity (Wildman–Crippen MR) is 224 cm³/mol. The smallest absolute Gasteiger partial charge is 0.180 e. The molecule has 0 atom stereocenters. The zero-order valence-corrected chi connectivity index (χ0v) is 29.9. The lowest BCUT2D eigenvalue weighted by atomic mass is 10.0. The molecule has 0 saturated carbocycles. The Balaban J connectivity index is 1.23. The van der Waals surface area contributed by atoms with Crippen LogP contribution in [0.25, 0.3) is 106 Å². The Morgan fingerprint density at radius 2 is 0.875 bits per heavy atom. The molecule has 0 N–H and O–H groups in total. The fourth-order valence-electron chi connectivity index (χ4n) is 7.67. The SMILES string of the molecule is c1ccc(-c2nc(-c3ccccc3)nc(-c3ccc(-n4c5ccccc5c5ccccc54)c(-c4nc(-c5ccccc5)c5oc6ccccc6c5n4)c3)n2)cc1. The number of hydrogen-bond acceptors (Lipinski definition) is 6. The van der Waals surface area contributed by atoms with E-state index in [1.54, 1.807) is 0 Å². The minimum absolute atomic E-state index is 0.547.